The lowest BCUT2D eigenvalue weighted by atomic mass is 9.98. The number of benzene rings is 1. The third-order valence-electron chi connectivity index (χ3n) is 3.87. The normalized spacial score (nSPS) is 26.6. The number of hydrogen-bond donors (Lipinski definition) is 0. The highest BCUT2D eigenvalue weighted by Gasteiger charge is 2.56. The zero-order valence-corrected chi connectivity index (χ0v) is 14.8. The lowest BCUT2D eigenvalue weighted by Crippen LogP contribution is -2.45. The largest absolute Gasteiger partial charge is 0.497 e. The molecule has 0 bridgehead atoms. The first-order valence-corrected chi connectivity index (χ1v) is 8.07. The molecule has 2 aliphatic heterocycles. The summed E-state index contributed by atoms with van der Waals surface area (Å²) >= 11 is 3.79. The second-order valence-electron chi connectivity index (χ2n) is 6.57. The van der Waals surface area contributed by atoms with Crippen LogP contribution in [0.4, 0.5) is 10.5 Å². The number of alkyl halides is 1. The smallest absolute Gasteiger partial charge is 0.417 e. The molecule has 0 aliphatic carbocycles. The van der Waals surface area contributed by atoms with Gasteiger partial charge in [-0.3, -0.25) is 0 Å². The van der Waals surface area contributed by atoms with Gasteiger partial charge in [0.05, 0.1) is 19.4 Å². The summed E-state index contributed by atoms with van der Waals surface area (Å²) in [7, 11) is 1.63. The van der Waals surface area contributed by atoms with Gasteiger partial charge in [0, 0.05) is 5.56 Å². The van der Waals surface area contributed by atoms with Crippen molar-refractivity contribution < 1.29 is 19.0 Å². The third-order valence-corrected chi connectivity index (χ3v) is 5.08. The first-order valence-electron chi connectivity index (χ1n) is 7.27. The van der Waals surface area contributed by atoms with Crippen LogP contribution in [-0.2, 0) is 13.8 Å². The summed E-state index contributed by atoms with van der Waals surface area (Å²) in [5.41, 5.74) is 1.25. The zero-order valence-electron chi connectivity index (χ0n) is 13.2. The van der Waals surface area contributed by atoms with Crippen LogP contribution >= 0.6 is 15.9 Å². The van der Waals surface area contributed by atoms with Gasteiger partial charge in [-0.05, 0) is 45.4 Å². The number of hydrogen-bond acceptors (Lipinski definition) is 4. The fourth-order valence-corrected chi connectivity index (χ4v) is 3.75. The van der Waals surface area contributed by atoms with Gasteiger partial charge >= 0.3 is 6.09 Å². The molecule has 0 aromatic heterocycles. The minimum absolute atomic E-state index is 0.396. The van der Waals surface area contributed by atoms with E-state index in [0.717, 1.165) is 23.4 Å². The van der Waals surface area contributed by atoms with E-state index in [-0.39, 0.29) is 0 Å². The Hall–Kier alpha value is -1.27. The first kappa shape index (κ1) is 15.6. The zero-order chi connectivity index (χ0) is 16.1. The van der Waals surface area contributed by atoms with Gasteiger partial charge in [-0.25, -0.2) is 9.69 Å². The molecular weight excluding hydrogens is 350 g/mol. The second kappa shape index (κ2) is 5.13. The van der Waals surface area contributed by atoms with Gasteiger partial charge in [0.2, 0.25) is 0 Å². The van der Waals surface area contributed by atoms with Gasteiger partial charge < -0.3 is 14.2 Å². The number of carbonyl (C=O) groups excluding carboxylic acids is 1. The fraction of sp³-hybridized carbons (Fsp3) is 0.562. The van der Waals surface area contributed by atoms with Crippen molar-refractivity contribution in [1.29, 1.82) is 0 Å². The summed E-state index contributed by atoms with van der Waals surface area (Å²) in [6.07, 6.45) is -0.00600. The van der Waals surface area contributed by atoms with Crippen LogP contribution in [0.3, 0.4) is 0 Å². The van der Waals surface area contributed by atoms with E-state index < -0.39 is 22.2 Å². The van der Waals surface area contributed by atoms with Crippen molar-refractivity contribution in [1.82, 2.24) is 0 Å². The fourth-order valence-electron chi connectivity index (χ4n) is 2.94. The molecular formula is C16H20BrNO4. The van der Waals surface area contributed by atoms with Crippen LogP contribution in [0.2, 0.25) is 0 Å². The van der Waals surface area contributed by atoms with Crippen molar-refractivity contribution in [2.24, 2.45) is 0 Å². The molecule has 0 saturated carbocycles. The predicted octanol–water partition coefficient (Wildman–Crippen LogP) is 3.79. The Labute approximate surface area is 138 Å². The van der Waals surface area contributed by atoms with Crippen LogP contribution in [0.25, 0.3) is 0 Å². The second-order valence-corrected chi connectivity index (χ2v) is 7.98. The van der Waals surface area contributed by atoms with E-state index in [9.17, 15) is 4.79 Å². The van der Waals surface area contributed by atoms with Crippen LogP contribution in [0, 0.1) is 0 Å². The van der Waals surface area contributed by atoms with Crippen LogP contribution in [0.15, 0.2) is 18.2 Å². The molecule has 6 heteroatoms. The average molecular weight is 370 g/mol. The van der Waals surface area contributed by atoms with Crippen molar-refractivity contribution in [2.45, 2.75) is 43.3 Å². The maximum absolute atomic E-state index is 12.6. The molecule has 0 unspecified atom stereocenters. The number of rotatable bonds is 1. The van der Waals surface area contributed by atoms with E-state index >= 15 is 0 Å². The number of ether oxygens (including phenoxy) is 3. The summed E-state index contributed by atoms with van der Waals surface area (Å²) < 4.78 is 16.3. The summed E-state index contributed by atoms with van der Waals surface area (Å²) in [4.78, 5) is 14.2. The van der Waals surface area contributed by atoms with Gasteiger partial charge in [0.25, 0.3) is 0 Å². The van der Waals surface area contributed by atoms with Crippen molar-refractivity contribution in [3.8, 4) is 5.75 Å². The van der Waals surface area contributed by atoms with Gasteiger partial charge in [0.15, 0.2) is 6.23 Å². The minimum Gasteiger partial charge on any atom is -0.497 e. The third kappa shape index (κ3) is 2.38. The number of fused-ring (bicyclic) bond motifs is 3. The molecule has 22 heavy (non-hydrogen) atoms. The van der Waals surface area contributed by atoms with E-state index in [0.29, 0.717) is 6.61 Å². The van der Waals surface area contributed by atoms with Gasteiger partial charge in [-0.15, -0.1) is 0 Å². The Bertz CT molecular complexity index is 613. The Balaban J connectivity index is 2.04. The van der Waals surface area contributed by atoms with Gasteiger partial charge in [-0.1, -0.05) is 15.9 Å². The molecule has 1 aromatic carbocycles. The monoisotopic (exact) mass is 369 g/mol. The molecule has 2 aliphatic rings. The first-order chi connectivity index (χ1) is 10.3. The van der Waals surface area contributed by atoms with Crippen LogP contribution in [0.1, 0.15) is 32.8 Å². The number of anilines is 1. The molecule has 120 valence electrons. The van der Waals surface area contributed by atoms with E-state index in [1.165, 1.54) is 0 Å². The van der Waals surface area contributed by atoms with Gasteiger partial charge in [-0.2, -0.15) is 0 Å². The Morgan fingerprint density at radius 3 is 2.82 bits per heavy atom. The van der Waals surface area contributed by atoms with Crippen LogP contribution in [-0.4, -0.2) is 31.6 Å². The predicted molar refractivity (Wildman–Crippen MR) is 86.7 cm³/mol. The maximum atomic E-state index is 12.6. The van der Waals surface area contributed by atoms with Crippen LogP contribution in [0.5, 0.6) is 5.75 Å². The molecule has 0 N–H and O–H groups in total. The lowest BCUT2D eigenvalue weighted by molar-refractivity contribution is 0.0411. The minimum atomic E-state index is -0.556. The van der Waals surface area contributed by atoms with Crippen molar-refractivity contribution in [2.75, 3.05) is 18.6 Å². The molecule has 2 atom stereocenters. The summed E-state index contributed by atoms with van der Waals surface area (Å²) in [6, 6.07) is 5.67. The topological polar surface area (TPSA) is 48.0 Å². The molecule has 1 amide bonds. The lowest BCUT2D eigenvalue weighted by Gasteiger charge is -2.29. The molecule has 3 rings (SSSR count). The van der Waals surface area contributed by atoms with Crippen LogP contribution < -0.4 is 9.64 Å². The molecule has 1 aromatic rings. The Morgan fingerprint density at radius 1 is 1.45 bits per heavy atom. The molecule has 1 saturated heterocycles. The Kier molecular flexibility index (Phi) is 3.64. The standard InChI is InChI=1S/C16H20BrNO4/c1-15(2,3)22-14(19)18-12-6-5-10(20-4)9-11(12)16(17)7-8-21-13(16)18/h5-6,9,13H,7-8H2,1-4H3/t13-,16+/m0/s1. The highest BCUT2D eigenvalue weighted by atomic mass is 79.9. The number of amides is 1. The highest BCUT2D eigenvalue weighted by molar-refractivity contribution is 9.09. The molecule has 2 heterocycles. The molecule has 0 spiro atoms. The number of halogens is 1. The highest BCUT2D eigenvalue weighted by Crippen LogP contribution is 2.56. The number of nitrogens with zero attached hydrogens (tertiary/aromatic N) is 1. The summed E-state index contributed by atoms with van der Waals surface area (Å²) in [6.45, 7) is 6.15. The SMILES string of the molecule is COc1ccc2c(c1)[C@]1(Br)CCO[C@@H]1N2C(=O)OC(C)(C)C. The van der Waals surface area contributed by atoms with E-state index in [4.69, 9.17) is 14.2 Å². The number of carbonyl (C=O) groups is 1. The summed E-state index contributed by atoms with van der Waals surface area (Å²) in [5.74, 6) is 0.759. The Morgan fingerprint density at radius 2 is 2.18 bits per heavy atom. The van der Waals surface area contributed by atoms with Crippen molar-refractivity contribution >= 4 is 27.7 Å². The number of methoxy groups -OCH3 is 1. The summed E-state index contributed by atoms with van der Waals surface area (Å²) in [5, 5.41) is 0. The van der Waals surface area contributed by atoms with Crippen molar-refractivity contribution in [3.63, 3.8) is 0 Å². The van der Waals surface area contributed by atoms with E-state index in [2.05, 4.69) is 15.9 Å². The molecule has 1 fully saturated rings. The maximum Gasteiger partial charge on any atom is 0.417 e. The molecule has 0 radical (unpaired) electrons. The van der Waals surface area contributed by atoms with Crippen molar-refractivity contribution in [3.05, 3.63) is 23.8 Å². The van der Waals surface area contributed by atoms with Gasteiger partial charge in [0.1, 0.15) is 15.7 Å². The molecule has 5 nitrogen and oxygen atoms in total. The van der Waals surface area contributed by atoms with E-state index in [1.807, 2.05) is 39.0 Å². The van der Waals surface area contributed by atoms with E-state index in [1.54, 1.807) is 12.0 Å². The average Bonchev–Trinajstić information content (AvgIpc) is 2.89. The quantitative estimate of drug-likeness (QED) is 0.706.